The number of nitrogens with zero attached hydrogens (tertiary/aromatic N) is 3. The average molecular weight is 246 g/mol. The van der Waals surface area contributed by atoms with Gasteiger partial charge in [0, 0.05) is 13.1 Å². The summed E-state index contributed by atoms with van der Waals surface area (Å²) in [5.74, 6) is -0.201. The third-order valence-electron chi connectivity index (χ3n) is 2.42. The second kappa shape index (κ2) is 4.51. The number of ether oxygens (including phenoxy) is 1. The summed E-state index contributed by atoms with van der Waals surface area (Å²) in [6.07, 6.45) is 1.20. The van der Waals surface area contributed by atoms with Crippen LogP contribution in [0.3, 0.4) is 0 Å². The zero-order valence-electron chi connectivity index (χ0n) is 9.15. The molecule has 0 aliphatic carbocycles. The Morgan fingerprint density at radius 2 is 2.06 bits per heavy atom. The Labute approximate surface area is 98.4 Å². The fourth-order valence-corrected chi connectivity index (χ4v) is 2.04. The maximum Gasteiger partial charge on any atom is 0.224 e. The molecule has 0 N–H and O–H groups in total. The summed E-state index contributed by atoms with van der Waals surface area (Å²) in [4.78, 5) is 9.34. The molecule has 16 heavy (non-hydrogen) atoms. The van der Waals surface area contributed by atoms with E-state index in [2.05, 4.69) is 9.97 Å². The van der Waals surface area contributed by atoms with Crippen molar-refractivity contribution in [3.8, 4) is 0 Å². The highest BCUT2D eigenvalue weighted by Gasteiger charge is 2.25. The van der Waals surface area contributed by atoms with Crippen LogP contribution in [0.5, 0.6) is 0 Å². The van der Waals surface area contributed by atoms with Gasteiger partial charge in [-0.25, -0.2) is 9.37 Å². The van der Waals surface area contributed by atoms with Crippen molar-refractivity contribution in [2.75, 3.05) is 18.0 Å². The van der Waals surface area contributed by atoms with Crippen LogP contribution < -0.4 is 4.90 Å². The van der Waals surface area contributed by atoms with E-state index in [0.29, 0.717) is 13.1 Å². The van der Waals surface area contributed by atoms with E-state index in [1.54, 1.807) is 0 Å². The average Bonchev–Trinajstić information content (AvgIpc) is 2.20. The van der Waals surface area contributed by atoms with Crippen LogP contribution in [0.1, 0.15) is 13.8 Å². The van der Waals surface area contributed by atoms with Crippen molar-refractivity contribution in [3.05, 3.63) is 17.3 Å². The van der Waals surface area contributed by atoms with Gasteiger partial charge in [0.25, 0.3) is 0 Å². The first-order valence-electron chi connectivity index (χ1n) is 5.14. The molecule has 1 aliphatic heterocycles. The van der Waals surface area contributed by atoms with Crippen LogP contribution in [-0.4, -0.2) is 35.3 Å². The number of aromatic nitrogens is 2. The van der Waals surface area contributed by atoms with Gasteiger partial charge in [-0.3, -0.25) is 0 Å². The molecule has 88 valence electrons. The van der Waals surface area contributed by atoms with Crippen LogP contribution in [0.25, 0.3) is 0 Å². The van der Waals surface area contributed by atoms with E-state index in [4.69, 9.17) is 16.3 Å². The second-order valence-electron chi connectivity index (χ2n) is 3.97. The molecule has 2 heterocycles. The molecule has 2 rings (SSSR count). The van der Waals surface area contributed by atoms with Gasteiger partial charge in [0.2, 0.25) is 5.28 Å². The summed E-state index contributed by atoms with van der Waals surface area (Å²) in [7, 11) is 0. The van der Waals surface area contributed by atoms with E-state index in [1.165, 1.54) is 0 Å². The molecule has 6 heteroatoms. The summed E-state index contributed by atoms with van der Waals surface area (Å²) >= 11 is 5.66. The Balaban J connectivity index is 2.25. The zero-order chi connectivity index (χ0) is 11.7. The molecule has 0 spiro atoms. The highest BCUT2D eigenvalue weighted by Crippen LogP contribution is 2.21. The van der Waals surface area contributed by atoms with Crippen LogP contribution in [0.2, 0.25) is 5.28 Å². The van der Waals surface area contributed by atoms with Crippen molar-refractivity contribution in [2.24, 2.45) is 0 Å². The van der Waals surface area contributed by atoms with Crippen molar-refractivity contribution >= 4 is 17.4 Å². The van der Waals surface area contributed by atoms with Gasteiger partial charge < -0.3 is 9.64 Å². The Bertz CT molecular complexity index is 380. The van der Waals surface area contributed by atoms with Gasteiger partial charge in [0.1, 0.15) is 0 Å². The van der Waals surface area contributed by atoms with E-state index in [0.717, 1.165) is 6.20 Å². The smallest absolute Gasteiger partial charge is 0.224 e. The third-order valence-corrected chi connectivity index (χ3v) is 2.60. The van der Waals surface area contributed by atoms with Gasteiger partial charge in [0.05, 0.1) is 18.4 Å². The molecule has 4 nitrogen and oxygen atoms in total. The van der Waals surface area contributed by atoms with Crippen LogP contribution >= 0.6 is 11.6 Å². The molecule has 2 atom stereocenters. The normalized spacial score (nSPS) is 25.9. The minimum absolute atomic E-state index is 0.0527. The standard InChI is InChI=1S/C10H13ClFN3O/c1-6-4-15(5-7(2)16-6)9-8(12)3-13-10(11)14-9/h3,6-7H,4-5H2,1-2H3/t6-,7-/m1/s1. The molecular weight excluding hydrogens is 233 g/mol. The lowest BCUT2D eigenvalue weighted by molar-refractivity contribution is -0.00566. The van der Waals surface area contributed by atoms with Crippen molar-refractivity contribution in [2.45, 2.75) is 26.1 Å². The van der Waals surface area contributed by atoms with Crippen molar-refractivity contribution in [3.63, 3.8) is 0 Å². The van der Waals surface area contributed by atoms with Gasteiger partial charge in [-0.05, 0) is 25.4 Å². The molecule has 1 fully saturated rings. The van der Waals surface area contributed by atoms with Crippen LogP contribution in [0.15, 0.2) is 6.20 Å². The Morgan fingerprint density at radius 1 is 1.44 bits per heavy atom. The predicted octanol–water partition coefficient (Wildman–Crippen LogP) is 1.88. The topological polar surface area (TPSA) is 38.2 Å². The van der Waals surface area contributed by atoms with Gasteiger partial charge in [-0.2, -0.15) is 4.98 Å². The minimum Gasteiger partial charge on any atom is -0.372 e. The summed E-state index contributed by atoms with van der Waals surface area (Å²) in [5.41, 5.74) is 0. The number of rotatable bonds is 1. The van der Waals surface area contributed by atoms with Gasteiger partial charge in [-0.1, -0.05) is 0 Å². The lowest BCUT2D eigenvalue weighted by Crippen LogP contribution is -2.46. The number of morpholine rings is 1. The summed E-state index contributed by atoms with van der Waals surface area (Å²) < 4.78 is 19.1. The molecule has 0 aromatic carbocycles. The molecule has 1 aromatic rings. The summed E-state index contributed by atoms with van der Waals surface area (Å²) in [6.45, 7) is 5.11. The van der Waals surface area contributed by atoms with E-state index in [-0.39, 0.29) is 23.3 Å². The predicted molar refractivity (Wildman–Crippen MR) is 59.2 cm³/mol. The fourth-order valence-electron chi connectivity index (χ4n) is 1.91. The van der Waals surface area contributed by atoms with Crippen LogP contribution in [-0.2, 0) is 4.74 Å². The number of halogens is 2. The quantitative estimate of drug-likeness (QED) is 0.708. The molecule has 0 radical (unpaired) electrons. The van der Waals surface area contributed by atoms with E-state index < -0.39 is 5.82 Å². The first kappa shape index (κ1) is 11.5. The maximum absolute atomic E-state index is 13.5. The van der Waals surface area contributed by atoms with Crippen molar-refractivity contribution in [1.82, 2.24) is 9.97 Å². The van der Waals surface area contributed by atoms with E-state index >= 15 is 0 Å². The van der Waals surface area contributed by atoms with E-state index in [1.807, 2.05) is 18.7 Å². The van der Waals surface area contributed by atoms with Gasteiger partial charge in [0.15, 0.2) is 11.6 Å². The molecule has 1 aromatic heterocycles. The van der Waals surface area contributed by atoms with Gasteiger partial charge in [-0.15, -0.1) is 0 Å². The van der Waals surface area contributed by atoms with Crippen molar-refractivity contribution in [1.29, 1.82) is 0 Å². The van der Waals surface area contributed by atoms with Crippen LogP contribution in [0.4, 0.5) is 10.2 Å². The first-order chi connectivity index (χ1) is 7.56. The summed E-state index contributed by atoms with van der Waals surface area (Å²) in [6, 6.07) is 0. The third kappa shape index (κ3) is 2.41. The molecule has 1 saturated heterocycles. The Morgan fingerprint density at radius 3 is 2.69 bits per heavy atom. The zero-order valence-corrected chi connectivity index (χ0v) is 9.91. The molecule has 0 bridgehead atoms. The van der Waals surface area contributed by atoms with Gasteiger partial charge >= 0.3 is 0 Å². The molecule has 0 amide bonds. The highest BCUT2D eigenvalue weighted by atomic mass is 35.5. The number of anilines is 1. The SMILES string of the molecule is C[C@@H]1CN(c2nc(Cl)ncc2F)C[C@@H](C)O1. The highest BCUT2D eigenvalue weighted by molar-refractivity contribution is 6.28. The van der Waals surface area contributed by atoms with Crippen molar-refractivity contribution < 1.29 is 9.13 Å². The molecule has 0 saturated carbocycles. The lowest BCUT2D eigenvalue weighted by Gasteiger charge is -2.36. The largest absolute Gasteiger partial charge is 0.372 e. The lowest BCUT2D eigenvalue weighted by atomic mass is 10.2. The Hall–Kier alpha value is -0.940. The summed E-state index contributed by atoms with van der Waals surface area (Å²) in [5, 5.41) is 0.0585. The number of hydrogen-bond donors (Lipinski definition) is 0. The number of hydrogen-bond acceptors (Lipinski definition) is 4. The first-order valence-corrected chi connectivity index (χ1v) is 5.52. The Kier molecular flexibility index (Phi) is 3.25. The van der Waals surface area contributed by atoms with E-state index in [9.17, 15) is 4.39 Å². The maximum atomic E-state index is 13.5. The molecule has 0 unspecified atom stereocenters. The second-order valence-corrected chi connectivity index (χ2v) is 4.31. The fraction of sp³-hybridized carbons (Fsp3) is 0.600. The molecule has 1 aliphatic rings. The molecular formula is C10H13ClFN3O. The monoisotopic (exact) mass is 245 g/mol. The minimum atomic E-state index is -0.453. The van der Waals surface area contributed by atoms with Crippen LogP contribution in [0, 0.1) is 5.82 Å².